The van der Waals surface area contributed by atoms with E-state index < -0.39 is 0 Å². The summed E-state index contributed by atoms with van der Waals surface area (Å²) < 4.78 is 13.0. The number of aromatic nitrogens is 2. The lowest BCUT2D eigenvalue weighted by Gasteiger charge is -2.21. The zero-order valence-corrected chi connectivity index (χ0v) is 16.7. The van der Waals surface area contributed by atoms with Crippen LogP contribution in [0.1, 0.15) is 34.2 Å². The zero-order valence-electron chi connectivity index (χ0n) is 16.7. The van der Waals surface area contributed by atoms with Crippen LogP contribution in [0.25, 0.3) is 0 Å². The van der Waals surface area contributed by atoms with Crippen LogP contribution in [0.15, 0.2) is 60.7 Å². The van der Waals surface area contributed by atoms with Crippen molar-refractivity contribution in [3.63, 3.8) is 0 Å². The molecule has 0 saturated carbocycles. The smallest absolute Gasteiger partial charge is 0.272 e. The van der Waals surface area contributed by atoms with Gasteiger partial charge < -0.3 is 10.2 Å². The largest absolute Gasteiger partial charge is 0.354 e. The molecule has 150 valence electrons. The minimum Gasteiger partial charge on any atom is -0.354 e. The van der Waals surface area contributed by atoms with Gasteiger partial charge in [-0.2, -0.15) is 0 Å². The molecule has 1 aromatic heterocycles. The molecular formula is C23H25FN4O. The fourth-order valence-corrected chi connectivity index (χ4v) is 3.02. The molecule has 0 aliphatic heterocycles. The lowest BCUT2D eigenvalue weighted by atomic mass is 10.1. The molecule has 0 bridgehead atoms. The van der Waals surface area contributed by atoms with Crippen molar-refractivity contribution < 1.29 is 9.18 Å². The summed E-state index contributed by atoms with van der Waals surface area (Å²) in [6.45, 7) is 5.51. The fraction of sp³-hybridized carbons (Fsp3) is 0.261. The van der Waals surface area contributed by atoms with Gasteiger partial charge >= 0.3 is 0 Å². The molecule has 0 saturated heterocycles. The lowest BCUT2D eigenvalue weighted by Crippen LogP contribution is -2.31. The summed E-state index contributed by atoms with van der Waals surface area (Å²) in [4.78, 5) is 23.5. The van der Waals surface area contributed by atoms with Crippen LogP contribution in [0.3, 0.4) is 0 Å². The maximum atomic E-state index is 13.0. The molecule has 3 aromatic rings. The highest BCUT2D eigenvalue weighted by Crippen LogP contribution is 2.12. The Labute approximate surface area is 170 Å². The number of hydrogen-bond donors (Lipinski definition) is 1. The molecule has 0 atom stereocenters. The summed E-state index contributed by atoms with van der Waals surface area (Å²) in [6, 6.07) is 18.0. The second kappa shape index (κ2) is 9.78. The van der Waals surface area contributed by atoms with Crippen LogP contribution in [-0.4, -0.2) is 33.9 Å². The average molecular weight is 392 g/mol. The predicted octanol–water partition coefficient (Wildman–Crippen LogP) is 4.24. The van der Waals surface area contributed by atoms with Crippen molar-refractivity contribution in [2.24, 2.45) is 0 Å². The number of carbonyl (C=O) groups excluding carboxylic acids is 1. The van der Waals surface area contributed by atoms with Crippen molar-refractivity contribution >= 4 is 11.9 Å². The number of carbonyl (C=O) groups is 1. The van der Waals surface area contributed by atoms with Crippen LogP contribution >= 0.6 is 0 Å². The molecule has 0 spiro atoms. The predicted molar refractivity (Wildman–Crippen MR) is 112 cm³/mol. The van der Waals surface area contributed by atoms with Crippen LogP contribution < -0.4 is 5.32 Å². The van der Waals surface area contributed by atoms with Crippen LogP contribution in [0.5, 0.6) is 0 Å². The minimum absolute atomic E-state index is 0.122. The summed E-state index contributed by atoms with van der Waals surface area (Å²) in [5.41, 5.74) is 3.19. The summed E-state index contributed by atoms with van der Waals surface area (Å²) >= 11 is 0. The molecule has 1 heterocycles. The van der Waals surface area contributed by atoms with E-state index in [1.54, 1.807) is 23.1 Å². The standard InChI is InChI=1S/C23H25FN4O/c1-3-28(16-19-7-5-4-6-8-19)22(29)21-15-17(2)26-23(27-21)25-14-13-18-9-11-20(24)12-10-18/h4-12,15H,3,13-14,16H2,1-2H3,(H,25,26,27). The van der Waals surface area contributed by atoms with Gasteiger partial charge in [-0.05, 0) is 49.6 Å². The number of amides is 1. The molecule has 5 nitrogen and oxygen atoms in total. The van der Waals surface area contributed by atoms with E-state index in [1.165, 1.54) is 12.1 Å². The Morgan fingerprint density at radius 2 is 1.76 bits per heavy atom. The van der Waals surface area contributed by atoms with Gasteiger partial charge in [-0.25, -0.2) is 14.4 Å². The van der Waals surface area contributed by atoms with Gasteiger partial charge in [0.1, 0.15) is 11.5 Å². The minimum atomic E-state index is -0.247. The molecule has 1 amide bonds. The molecule has 0 aliphatic rings. The quantitative estimate of drug-likeness (QED) is 0.623. The Balaban J connectivity index is 1.66. The molecular weight excluding hydrogens is 367 g/mol. The second-order valence-corrected chi connectivity index (χ2v) is 6.83. The fourth-order valence-electron chi connectivity index (χ4n) is 3.02. The number of nitrogens with one attached hydrogen (secondary N) is 1. The van der Waals surface area contributed by atoms with Gasteiger partial charge in [-0.3, -0.25) is 4.79 Å². The number of nitrogens with zero attached hydrogens (tertiary/aromatic N) is 3. The molecule has 3 rings (SSSR count). The van der Waals surface area contributed by atoms with E-state index in [2.05, 4.69) is 15.3 Å². The third-order valence-electron chi connectivity index (χ3n) is 4.57. The monoisotopic (exact) mass is 392 g/mol. The van der Waals surface area contributed by atoms with Gasteiger partial charge in [0, 0.05) is 25.3 Å². The first-order valence-corrected chi connectivity index (χ1v) is 9.72. The molecule has 0 radical (unpaired) electrons. The number of rotatable bonds is 8. The summed E-state index contributed by atoms with van der Waals surface area (Å²) in [6.07, 6.45) is 0.704. The Morgan fingerprint density at radius 3 is 2.45 bits per heavy atom. The van der Waals surface area contributed by atoms with E-state index in [0.717, 1.165) is 16.8 Å². The Bertz CT molecular complexity index is 945. The maximum Gasteiger partial charge on any atom is 0.272 e. The number of halogens is 1. The normalized spacial score (nSPS) is 10.6. The van der Waals surface area contributed by atoms with Gasteiger partial charge in [0.2, 0.25) is 5.95 Å². The van der Waals surface area contributed by atoms with Crippen LogP contribution in [0.4, 0.5) is 10.3 Å². The van der Waals surface area contributed by atoms with Crippen LogP contribution in [-0.2, 0) is 13.0 Å². The first kappa shape index (κ1) is 20.5. The highest BCUT2D eigenvalue weighted by Gasteiger charge is 2.17. The molecule has 0 aliphatic carbocycles. The maximum absolute atomic E-state index is 13.0. The first-order valence-electron chi connectivity index (χ1n) is 9.72. The Hall–Kier alpha value is -3.28. The molecule has 6 heteroatoms. The number of benzene rings is 2. The third kappa shape index (κ3) is 5.85. The molecule has 0 fully saturated rings. The topological polar surface area (TPSA) is 58.1 Å². The number of hydrogen-bond acceptors (Lipinski definition) is 4. The van der Waals surface area contributed by atoms with Crippen molar-refractivity contribution in [1.29, 1.82) is 0 Å². The van der Waals surface area contributed by atoms with Gasteiger partial charge in [-0.15, -0.1) is 0 Å². The Kier molecular flexibility index (Phi) is 6.89. The van der Waals surface area contributed by atoms with E-state index in [-0.39, 0.29) is 11.7 Å². The van der Waals surface area contributed by atoms with Crippen LogP contribution in [0.2, 0.25) is 0 Å². The van der Waals surface area contributed by atoms with Gasteiger partial charge in [0.05, 0.1) is 0 Å². The van der Waals surface area contributed by atoms with Crippen molar-refractivity contribution in [3.05, 3.63) is 89.0 Å². The highest BCUT2D eigenvalue weighted by atomic mass is 19.1. The van der Waals surface area contributed by atoms with Gasteiger partial charge in [0.25, 0.3) is 5.91 Å². The van der Waals surface area contributed by atoms with E-state index in [0.29, 0.717) is 37.7 Å². The van der Waals surface area contributed by atoms with Crippen LogP contribution in [0, 0.1) is 12.7 Å². The third-order valence-corrected chi connectivity index (χ3v) is 4.57. The first-order chi connectivity index (χ1) is 14.0. The second-order valence-electron chi connectivity index (χ2n) is 6.83. The molecule has 1 N–H and O–H groups in total. The van der Waals surface area contributed by atoms with E-state index in [9.17, 15) is 9.18 Å². The van der Waals surface area contributed by atoms with Crippen molar-refractivity contribution in [1.82, 2.24) is 14.9 Å². The SMILES string of the molecule is CCN(Cc1ccccc1)C(=O)c1cc(C)nc(NCCc2ccc(F)cc2)n1. The summed E-state index contributed by atoms with van der Waals surface area (Å²) in [5.74, 6) is 0.0533. The molecule has 0 unspecified atom stereocenters. The lowest BCUT2D eigenvalue weighted by molar-refractivity contribution is 0.0746. The highest BCUT2D eigenvalue weighted by molar-refractivity contribution is 5.92. The average Bonchev–Trinajstić information content (AvgIpc) is 2.73. The molecule has 29 heavy (non-hydrogen) atoms. The van der Waals surface area contributed by atoms with E-state index in [1.807, 2.05) is 44.2 Å². The zero-order chi connectivity index (χ0) is 20.6. The number of anilines is 1. The van der Waals surface area contributed by atoms with Gasteiger partial charge in [0.15, 0.2) is 0 Å². The van der Waals surface area contributed by atoms with Crippen molar-refractivity contribution in [2.45, 2.75) is 26.8 Å². The van der Waals surface area contributed by atoms with E-state index >= 15 is 0 Å². The van der Waals surface area contributed by atoms with E-state index in [4.69, 9.17) is 0 Å². The number of aryl methyl sites for hydroxylation is 1. The summed E-state index contributed by atoms with van der Waals surface area (Å²) in [5, 5.41) is 3.16. The Morgan fingerprint density at radius 1 is 1.03 bits per heavy atom. The summed E-state index contributed by atoms with van der Waals surface area (Å²) in [7, 11) is 0. The van der Waals surface area contributed by atoms with Crippen molar-refractivity contribution in [3.8, 4) is 0 Å². The van der Waals surface area contributed by atoms with Crippen molar-refractivity contribution in [2.75, 3.05) is 18.4 Å². The molecule has 2 aromatic carbocycles. The van der Waals surface area contributed by atoms with Gasteiger partial charge in [-0.1, -0.05) is 42.5 Å².